The second kappa shape index (κ2) is 11.8. The lowest BCUT2D eigenvalue weighted by Gasteiger charge is -2.26. The van der Waals surface area contributed by atoms with Gasteiger partial charge in [0.1, 0.15) is 18.1 Å². The van der Waals surface area contributed by atoms with Crippen molar-refractivity contribution in [3.8, 4) is 11.5 Å². The molecule has 0 radical (unpaired) electrons. The Morgan fingerprint density at radius 2 is 1.59 bits per heavy atom. The summed E-state index contributed by atoms with van der Waals surface area (Å²) in [7, 11) is -6.08. The predicted octanol–water partition coefficient (Wildman–Crippen LogP) is 1.31. The summed E-state index contributed by atoms with van der Waals surface area (Å²) in [6, 6.07) is 10.2. The molecule has 2 aliphatic rings. The van der Waals surface area contributed by atoms with E-state index in [-0.39, 0.29) is 34.4 Å². The molecule has 0 unspecified atom stereocenters. The van der Waals surface area contributed by atoms with Gasteiger partial charge in [0.15, 0.2) is 0 Å². The zero-order valence-electron chi connectivity index (χ0n) is 20.6. The Labute approximate surface area is 217 Å². The summed E-state index contributed by atoms with van der Waals surface area (Å²) in [5.74, 6) is 0.468. The first-order chi connectivity index (χ1) is 17.7. The molecule has 4 rings (SSSR count). The van der Waals surface area contributed by atoms with E-state index in [1.54, 1.807) is 4.90 Å². The van der Waals surface area contributed by atoms with E-state index < -0.39 is 20.0 Å². The number of rotatable bonds is 10. The minimum atomic E-state index is -3.91. The largest absolute Gasteiger partial charge is 0.496 e. The molecule has 2 heterocycles. The molecule has 2 fully saturated rings. The van der Waals surface area contributed by atoms with Crippen molar-refractivity contribution in [2.45, 2.75) is 22.6 Å². The van der Waals surface area contributed by atoms with Crippen LogP contribution in [0.15, 0.2) is 52.3 Å². The zero-order chi connectivity index (χ0) is 26.5. The Hall–Kier alpha value is -2.71. The van der Waals surface area contributed by atoms with Crippen LogP contribution in [0.2, 0.25) is 0 Å². The maximum absolute atomic E-state index is 12.9. The topological polar surface area (TPSA) is 132 Å². The van der Waals surface area contributed by atoms with E-state index in [9.17, 15) is 21.6 Å². The molecule has 0 aromatic heterocycles. The molecular weight excluding hydrogens is 522 g/mol. The highest BCUT2D eigenvalue weighted by Crippen LogP contribution is 2.25. The van der Waals surface area contributed by atoms with Gasteiger partial charge in [0.2, 0.25) is 20.0 Å². The predicted molar refractivity (Wildman–Crippen MR) is 135 cm³/mol. The number of benzene rings is 2. The number of hydrogen-bond donors (Lipinski definition) is 1. The number of ether oxygens (including phenoxy) is 3. The molecule has 11 nitrogen and oxygen atoms in total. The minimum Gasteiger partial charge on any atom is -0.496 e. The van der Waals surface area contributed by atoms with Gasteiger partial charge in [-0.15, -0.1) is 0 Å². The second-order valence-corrected chi connectivity index (χ2v) is 12.3. The number of nitrogens with one attached hydrogen (secondary N) is 1. The smallest absolute Gasteiger partial charge is 0.257 e. The SMILES string of the molecule is COc1ccc(S(=O)(=O)NCCOc2ccc(S(=O)(=O)N3CCOCC3)cc2)cc1C(=O)N1CCCC1. The van der Waals surface area contributed by atoms with Crippen LogP contribution < -0.4 is 14.2 Å². The molecule has 2 aliphatic heterocycles. The van der Waals surface area contributed by atoms with Crippen LogP contribution in [0, 0.1) is 0 Å². The fourth-order valence-corrected chi connectivity index (χ4v) is 6.63. The van der Waals surface area contributed by atoms with Gasteiger partial charge in [-0.1, -0.05) is 0 Å². The standard InChI is InChI=1S/C24H31N3O8S2/c1-33-23-9-8-21(18-22(23)24(28)26-11-2-3-12-26)36(29,30)25-10-15-35-19-4-6-20(7-5-19)37(31,32)27-13-16-34-17-14-27/h4-9,18,25H,2-3,10-17H2,1H3. The average Bonchev–Trinajstić information content (AvgIpc) is 3.46. The molecular formula is C24H31N3O8S2. The highest BCUT2D eigenvalue weighted by atomic mass is 32.2. The highest BCUT2D eigenvalue weighted by molar-refractivity contribution is 7.89. The van der Waals surface area contributed by atoms with Crippen LogP contribution in [0.1, 0.15) is 23.2 Å². The maximum atomic E-state index is 12.9. The van der Waals surface area contributed by atoms with Crippen LogP contribution in [0.3, 0.4) is 0 Å². The molecule has 0 aliphatic carbocycles. The van der Waals surface area contributed by atoms with E-state index in [0.717, 1.165) is 12.8 Å². The van der Waals surface area contributed by atoms with Gasteiger partial charge in [0.25, 0.3) is 5.91 Å². The summed E-state index contributed by atoms with van der Waals surface area (Å²) in [6.07, 6.45) is 1.83. The molecule has 13 heteroatoms. The summed E-state index contributed by atoms with van der Waals surface area (Å²) in [6.45, 7) is 2.60. The quantitative estimate of drug-likeness (QED) is 0.436. The third-order valence-corrected chi connectivity index (χ3v) is 9.57. The molecule has 202 valence electrons. The number of sulfonamides is 2. The van der Waals surface area contributed by atoms with Crippen LogP contribution in [-0.4, -0.2) is 91.6 Å². The third-order valence-electron chi connectivity index (χ3n) is 6.20. The molecule has 1 N–H and O–H groups in total. The maximum Gasteiger partial charge on any atom is 0.257 e. The van der Waals surface area contributed by atoms with Crippen LogP contribution in [0.4, 0.5) is 0 Å². The summed E-state index contributed by atoms with van der Waals surface area (Å²) in [5.41, 5.74) is 0.204. The Morgan fingerprint density at radius 1 is 0.946 bits per heavy atom. The number of carbonyl (C=O) groups excluding carboxylic acids is 1. The fourth-order valence-electron chi connectivity index (χ4n) is 4.18. The lowest BCUT2D eigenvalue weighted by Crippen LogP contribution is -2.40. The van der Waals surface area contributed by atoms with Gasteiger partial charge < -0.3 is 19.1 Å². The number of likely N-dealkylation sites (tertiary alicyclic amines) is 1. The van der Waals surface area contributed by atoms with Crippen LogP contribution in [0.5, 0.6) is 11.5 Å². The summed E-state index contributed by atoms with van der Waals surface area (Å²) in [4.78, 5) is 14.7. The normalized spacial score (nSPS) is 17.1. The van der Waals surface area contributed by atoms with Crippen molar-refractivity contribution in [1.82, 2.24) is 13.9 Å². The van der Waals surface area contributed by atoms with Gasteiger partial charge in [0, 0.05) is 32.7 Å². The van der Waals surface area contributed by atoms with E-state index in [1.807, 2.05) is 0 Å². The first kappa shape index (κ1) is 27.3. The Morgan fingerprint density at radius 3 is 2.24 bits per heavy atom. The van der Waals surface area contributed by atoms with Crippen molar-refractivity contribution in [2.75, 3.05) is 59.7 Å². The van der Waals surface area contributed by atoms with Gasteiger partial charge in [-0.2, -0.15) is 4.31 Å². The fraction of sp³-hybridized carbons (Fsp3) is 0.458. The van der Waals surface area contributed by atoms with Crippen molar-refractivity contribution in [2.24, 2.45) is 0 Å². The molecule has 1 amide bonds. The van der Waals surface area contributed by atoms with Crippen molar-refractivity contribution in [3.05, 3.63) is 48.0 Å². The Bertz CT molecular complexity index is 1300. The number of morpholine rings is 1. The van der Waals surface area contributed by atoms with Gasteiger partial charge in [-0.3, -0.25) is 4.79 Å². The van der Waals surface area contributed by atoms with Gasteiger partial charge in [0.05, 0.1) is 35.7 Å². The van der Waals surface area contributed by atoms with Gasteiger partial charge in [-0.25, -0.2) is 21.6 Å². The molecule has 2 aromatic carbocycles. The lowest BCUT2D eigenvalue weighted by atomic mass is 10.1. The van der Waals surface area contributed by atoms with Gasteiger partial charge in [-0.05, 0) is 55.3 Å². The molecule has 0 saturated carbocycles. The molecule has 2 aromatic rings. The van der Waals surface area contributed by atoms with Crippen molar-refractivity contribution in [3.63, 3.8) is 0 Å². The van der Waals surface area contributed by atoms with Crippen molar-refractivity contribution < 1.29 is 35.8 Å². The zero-order valence-corrected chi connectivity index (χ0v) is 22.2. The van der Waals surface area contributed by atoms with Crippen LogP contribution in [0.25, 0.3) is 0 Å². The highest BCUT2D eigenvalue weighted by Gasteiger charge is 2.27. The minimum absolute atomic E-state index is 0.0184. The Kier molecular flexibility index (Phi) is 8.70. The average molecular weight is 554 g/mol. The number of methoxy groups -OCH3 is 1. The van der Waals surface area contributed by atoms with E-state index in [4.69, 9.17) is 14.2 Å². The first-order valence-corrected chi connectivity index (χ1v) is 14.9. The van der Waals surface area contributed by atoms with Crippen LogP contribution >= 0.6 is 0 Å². The Balaban J connectivity index is 1.34. The molecule has 37 heavy (non-hydrogen) atoms. The number of nitrogens with zero attached hydrogens (tertiary/aromatic N) is 2. The molecule has 0 atom stereocenters. The molecule has 0 bridgehead atoms. The monoisotopic (exact) mass is 553 g/mol. The summed E-state index contributed by atoms with van der Waals surface area (Å²) in [5, 5.41) is 0. The summed E-state index contributed by atoms with van der Waals surface area (Å²) < 4.78 is 71.0. The van der Waals surface area contributed by atoms with Crippen LogP contribution in [-0.2, 0) is 24.8 Å². The molecule has 0 spiro atoms. The van der Waals surface area contributed by atoms with E-state index in [2.05, 4.69) is 4.72 Å². The number of carbonyl (C=O) groups is 1. The number of hydrogen-bond acceptors (Lipinski definition) is 8. The van der Waals surface area contributed by atoms with E-state index in [0.29, 0.717) is 50.9 Å². The lowest BCUT2D eigenvalue weighted by molar-refractivity contribution is 0.0730. The first-order valence-electron chi connectivity index (χ1n) is 12.0. The van der Waals surface area contributed by atoms with E-state index in [1.165, 1.54) is 53.9 Å². The number of amides is 1. The van der Waals surface area contributed by atoms with Crippen molar-refractivity contribution in [1.29, 1.82) is 0 Å². The summed E-state index contributed by atoms with van der Waals surface area (Å²) >= 11 is 0. The van der Waals surface area contributed by atoms with Gasteiger partial charge >= 0.3 is 0 Å². The molecule has 2 saturated heterocycles. The van der Waals surface area contributed by atoms with Crippen molar-refractivity contribution >= 4 is 26.0 Å². The second-order valence-electron chi connectivity index (χ2n) is 8.60. The van der Waals surface area contributed by atoms with E-state index >= 15 is 0 Å². The third kappa shape index (κ3) is 6.41.